The third-order valence-electron chi connectivity index (χ3n) is 5.95. The van der Waals surface area contributed by atoms with Crippen molar-refractivity contribution in [2.24, 2.45) is 11.3 Å². The quantitative estimate of drug-likeness (QED) is 0.766. The molecule has 0 aromatic heterocycles. The minimum absolute atomic E-state index is 0.165. The van der Waals surface area contributed by atoms with Crippen LogP contribution in [0.3, 0.4) is 0 Å². The molecule has 102 valence electrons. The van der Waals surface area contributed by atoms with Gasteiger partial charge in [0.15, 0.2) is 0 Å². The Hall–Kier alpha value is -0.380. The highest BCUT2D eigenvalue weighted by Crippen LogP contribution is 2.61. The Balaban J connectivity index is 2.02. The first kappa shape index (κ1) is 12.6. The van der Waals surface area contributed by atoms with Crippen molar-refractivity contribution in [3.8, 4) is 0 Å². The van der Waals surface area contributed by atoms with Crippen LogP contribution in [0.2, 0.25) is 0 Å². The Kier molecular flexibility index (Phi) is 2.85. The molecule has 0 saturated heterocycles. The van der Waals surface area contributed by atoms with Crippen molar-refractivity contribution in [2.75, 3.05) is 14.2 Å². The minimum Gasteiger partial charge on any atom is -0.390 e. The Labute approximate surface area is 109 Å². The zero-order chi connectivity index (χ0) is 13.0. The van der Waals surface area contributed by atoms with Crippen LogP contribution < -0.4 is 0 Å². The van der Waals surface area contributed by atoms with Gasteiger partial charge in [0.25, 0.3) is 0 Å². The van der Waals surface area contributed by atoms with Gasteiger partial charge >= 0.3 is 0 Å². The molecule has 0 heterocycles. The molecule has 0 aromatic carbocycles. The van der Waals surface area contributed by atoms with E-state index in [4.69, 9.17) is 9.47 Å². The molecule has 4 rings (SSSR count). The number of allylic oxidation sites excluding steroid dienone is 1. The highest BCUT2D eigenvalue weighted by molar-refractivity contribution is 5.34. The summed E-state index contributed by atoms with van der Waals surface area (Å²) >= 11 is 0. The molecule has 0 unspecified atom stereocenters. The van der Waals surface area contributed by atoms with Gasteiger partial charge in [0.1, 0.15) is 5.60 Å². The molecule has 3 nitrogen and oxygen atoms in total. The van der Waals surface area contributed by atoms with Crippen molar-refractivity contribution in [1.82, 2.24) is 0 Å². The van der Waals surface area contributed by atoms with Crippen LogP contribution in [-0.2, 0) is 9.47 Å². The predicted octanol–water partition coefficient (Wildman–Crippen LogP) is 2.29. The van der Waals surface area contributed by atoms with Crippen molar-refractivity contribution < 1.29 is 14.6 Å². The molecule has 1 spiro atoms. The van der Waals surface area contributed by atoms with Gasteiger partial charge in [-0.15, -0.1) is 0 Å². The lowest BCUT2D eigenvalue weighted by atomic mass is 9.49. The summed E-state index contributed by atoms with van der Waals surface area (Å²) in [5, 5.41) is 10.4. The summed E-state index contributed by atoms with van der Waals surface area (Å²) in [6.07, 6.45) is 7.32. The van der Waals surface area contributed by atoms with Crippen LogP contribution in [0.5, 0.6) is 0 Å². The number of aliphatic hydroxyl groups is 1. The van der Waals surface area contributed by atoms with Gasteiger partial charge in [0.2, 0.25) is 0 Å². The summed E-state index contributed by atoms with van der Waals surface area (Å²) in [6.45, 7) is 2.29. The Morgan fingerprint density at radius 3 is 2.72 bits per heavy atom. The predicted molar refractivity (Wildman–Crippen MR) is 69.3 cm³/mol. The molecule has 3 heteroatoms. The Morgan fingerprint density at radius 2 is 2.11 bits per heavy atom. The van der Waals surface area contributed by atoms with Crippen LogP contribution in [0.25, 0.3) is 0 Å². The van der Waals surface area contributed by atoms with Gasteiger partial charge in [-0.1, -0.05) is 18.6 Å². The van der Waals surface area contributed by atoms with E-state index in [1.54, 1.807) is 7.11 Å². The number of hydrogen-bond acceptors (Lipinski definition) is 3. The maximum Gasteiger partial charge on any atom is 0.112 e. The number of hydrogen-bond donors (Lipinski definition) is 1. The van der Waals surface area contributed by atoms with Crippen LogP contribution in [0.4, 0.5) is 0 Å². The van der Waals surface area contributed by atoms with E-state index in [1.807, 2.05) is 7.11 Å². The first-order valence-corrected chi connectivity index (χ1v) is 7.06. The van der Waals surface area contributed by atoms with Crippen molar-refractivity contribution in [2.45, 2.75) is 56.8 Å². The summed E-state index contributed by atoms with van der Waals surface area (Å²) in [7, 11) is 3.54. The molecule has 4 aliphatic carbocycles. The van der Waals surface area contributed by atoms with Crippen LogP contribution in [0.15, 0.2) is 11.6 Å². The summed E-state index contributed by atoms with van der Waals surface area (Å²) in [4.78, 5) is 0. The van der Waals surface area contributed by atoms with E-state index in [0.29, 0.717) is 12.0 Å². The molecule has 18 heavy (non-hydrogen) atoms. The van der Waals surface area contributed by atoms with Gasteiger partial charge in [-0.05, 0) is 43.4 Å². The van der Waals surface area contributed by atoms with Gasteiger partial charge in [-0.25, -0.2) is 0 Å². The first-order chi connectivity index (χ1) is 8.58. The third kappa shape index (κ3) is 1.41. The van der Waals surface area contributed by atoms with E-state index in [-0.39, 0.29) is 11.5 Å². The smallest absolute Gasteiger partial charge is 0.112 e. The summed E-state index contributed by atoms with van der Waals surface area (Å²) in [6, 6.07) is 0. The van der Waals surface area contributed by atoms with E-state index < -0.39 is 5.60 Å². The molecule has 0 amide bonds. The van der Waals surface area contributed by atoms with Gasteiger partial charge in [-0.3, -0.25) is 0 Å². The average molecular weight is 252 g/mol. The fraction of sp³-hybridized carbons (Fsp3) is 0.867. The van der Waals surface area contributed by atoms with E-state index in [2.05, 4.69) is 13.0 Å². The van der Waals surface area contributed by atoms with Gasteiger partial charge in [-0.2, -0.15) is 0 Å². The fourth-order valence-corrected chi connectivity index (χ4v) is 4.65. The normalized spacial score (nSPS) is 50.9. The zero-order valence-corrected chi connectivity index (χ0v) is 11.6. The number of rotatable bonds is 2. The van der Waals surface area contributed by atoms with Crippen LogP contribution >= 0.6 is 0 Å². The lowest BCUT2D eigenvalue weighted by molar-refractivity contribution is -0.156. The summed E-state index contributed by atoms with van der Waals surface area (Å²) < 4.78 is 11.3. The highest BCUT2D eigenvalue weighted by atomic mass is 16.5. The van der Waals surface area contributed by atoms with Crippen molar-refractivity contribution in [1.29, 1.82) is 0 Å². The molecular formula is C15H24O3. The van der Waals surface area contributed by atoms with Crippen molar-refractivity contribution >= 4 is 0 Å². The average Bonchev–Trinajstić information content (AvgIpc) is 2.40. The molecule has 1 N–H and O–H groups in total. The molecular weight excluding hydrogens is 228 g/mol. The van der Waals surface area contributed by atoms with Crippen LogP contribution in [0, 0.1) is 11.3 Å². The van der Waals surface area contributed by atoms with E-state index >= 15 is 0 Å². The standard InChI is InChI=1S/C15H24O3/c1-10-12(17-2)5-4-11-8-15(18-3)7-6-14(10,11)9-13(15)16/h8,10,12-13,16H,4-7,9H2,1-3H3/t10-,12+,13+,14+,15-/m0/s1. The molecule has 2 bridgehead atoms. The highest BCUT2D eigenvalue weighted by Gasteiger charge is 2.58. The van der Waals surface area contributed by atoms with E-state index in [1.165, 1.54) is 5.57 Å². The van der Waals surface area contributed by atoms with Gasteiger partial charge in [0, 0.05) is 14.2 Å². The van der Waals surface area contributed by atoms with Crippen LogP contribution in [0.1, 0.15) is 39.0 Å². The molecule has 5 atom stereocenters. The lowest BCUT2D eigenvalue weighted by Crippen LogP contribution is -2.59. The number of fused-ring (bicyclic) bond motifs is 2. The maximum absolute atomic E-state index is 10.4. The van der Waals surface area contributed by atoms with E-state index in [0.717, 1.165) is 32.1 Å². The summed E-state index contributed by atoms with van der Waals surface area (Å²) in [5.41, 5.74) is 1.27. The zero-order valence-electron chi connectivity index (χ0n) is 11.6. The molecule has 2 saturated carbocycles. The van der Waals surface area contributed by atoms with Crippen molar-refractivity contribution in [3.05, 3.63) is 11.6 Å². The van der Waals surface area contributed by atoms with Gasteiger partial charge in [0.05, 0.1) is 12.2 Å². The largest absolute Gasteiger partial charge is 0.390 e. The molecule has 2 fully saturated rings. The first-order valence-electron chi connectivity index (χ1n) is 7.06. The number of methoxy groups -OCH3 is 2. The molecule has 0 aliphatic heterocycles. The van der Waals surface area contributed by atoms with Crippen molar-refractivity contribution in [3.63, 3.8) is 0 Å². The topological polar surface area (TPSA) is 38.7 Å². The second-order valence-electron chi connectivity index (χ2n) is 6.31. The summed E-state index contributed by atoms with van der Waals surface area (Å²) in [5.74, 6) is 0.493. The lowest BCUT2D eigenvalue weighted by Gasteiger charge is -2.59. The Bertz CT molecular complexity index is 378. The monoisotopic (exact) mass is 252 g/mol. The molecule has 0 radical (unpaired) electrons. The van der Waals surface area contributed by atoms with Gasteiger partial charge < -0.3 is 14.6 Å². The SMILES string of the molecule is CO[C@@H]1CCC2=C[C@@]3(OC)CC[C@@]2(C[C@H]3O)[C@H]1C. The number of aliphatic hydroxyl groups excluding tert-OH is 1. The van der Waals surface area contributed by atoms with E-state index in [9.17, 15) is 5.11 Å². The second kappa shape index (κ2) is 4.06. The second-order valence-corrected chi connectivity index (χ2v) is 6.31. The number of ether oxygens (including phenoxy) is 2. The molecule has 4 aliphatic rings. The minimum atomic E-state index is -0.406. The fourth-order valence-electron chi connectivity index (χ4n) is 4.65. The third-order valence-corrected chi connectivity index (χ3v) is 5.95. The maximum atomic E-state index is 10.4. The molecule has 0 aromatic rings. The van der Waals surface area contributed by atoms with Crippen LogP contribution in [-0.4, -0.2) is 37.1 Å². The Morgan fingerprint density at radius 1 is 1.33 bits per heavy atom.